The molecule has 0 saturated heterocycles. The molecule has 2 N–H and O–H groups in total. The molecule has 2 rings (SSSR count). The van der Waals surface area contributed by atoms with E-state index in [2.05, 4.69) is 5.32 Å². The lowest BCUT2D eigenvalue weighted by Gasteiger charge is -2.36. The number of methoxy groups -OCH3 is 1. The van der Waals surface area contributed by atoms with Crippen molar-refractivity contribution in [2.45, 2.75) is 24.9 Å². The van der Waals surface area contributed by atoms with Crippen LogP contribution >= 0.6 is 0 Å². The van der Waals surface area contributed by atoms with E-state index < -0.39 is 17.3 Å². The van der Waals surface area contributed by atoms with Crippen molar-refractivity contribution in [2.75, 3.05) is 13.7 Å². The standard InChI is InChI=1S/C13H16FNO3/c1-18-9-3-4-10(11(14)7-9)12(16)15-8-13(17)5-2-6-13/h3-4,7,17H,2,5-6,8H2,1H3,(H,15,16). The van der Waals surface area contributed by atoms with Gasteiger partial charge in [0.15, 0.2) is 0 Å². The minimum atomic E-state index is -0.807. The number of benzene rings is 1. The summed E-state index contributed by atoms with van der Waals surface area (Å²) in [6.45, 7) is 0.164. The summed E-state index contributed by atoms with van der Waals surface area (Å²) in [6.07, 6.45) is 2.32. The molecule has 0 atom stereocenters. The van der Waals surface area contributed by atoms with E-state index in [1.807, 2.05) is 0 Å². The summed E-state index contributed by atoms with van der Waals surface area (Å²) in [5, 5.41) is 12.4. The van der Waals surface area contributed by atoms with Gasteiger partial charge >= 0.3 is 0 Å². The predicted octanol–water partition coefficient (Wildman–Crippen LogP) is 1.48. The number of amides is 1. The molecule has 1 aromatic rings. The van der Waals surface area contributed by atoms with Crippen LogP contribution in [0.5, 0.6) is 5.75 Å². The Bertz CT molecular complexity index is 458. The minimum Gasteiger partial charge on any atom is -0.497 e. The first-order valence-corrected chi connectivity index (χ1v) is 5.88. The van der Waals surface area contributed by atoms with Crippen LogP contribution in [0.3, 0.4) is 0 Å². The number of aliphatic hydroxyl groups is 1. The van der Waals surface area contributed by atoms with E-state index in [-0.39, 0.29) is 12.1 Å². The molecule has 0 aromatic heterocycles. The maximum absolute atomic E-state index is 13.6. The van der Waals surface area contributed by atoms with Gasteiger partial charge in [-0.15, -0.1) is 0 Å². The molecule has 1 fully saturated rings. The SMILES string of the molecule is COc1ccc(C(=O)NCC2(O)CCC2)c(F)c1. The van der Waals surface area contributed by atoms with Crippen molar-refractivity contribution < 1.29 is 19.0 Å². The molecule has 18 heavy (non-hydrogen) atoms. The second-order valence-corrected chi connectivity index (χ2v) is 4.61. The first-order valence-electron chi connectivity index (χ1n) is 5.88. The highest BCUT2D eigenvalue weighted by molar-refractivity contribution is 5.94. The third kappa shape index (κ3) is 2.61. The van der Waals surface area contributed by atoms with Gasteiger partial charge in [0, 0.05) is 12.6 Å². The van der Waals surface area contributed by atoms with E-state index in [0.717, 1.165) is 12.5 Å². The van der Waals surface area contributed by atoms with Crippen LogP contribution in [0, 0.1) is 5.82 Å². The Kier molecular flexibility index (Phi) is 3.52. The summed E-state index contributed by atoms with van der Waals surface area (Å²) >= 11 is 0. The van der Waals surface area contributed by atoms with Gasteiger partial charge in [-0.05, 0) is 31.4 Å². The average Bonchev–Trinajstić information content (AvgIpc) is 2.33. The smallest absolute Gasteiger partial charge is 0.254 e. The lowest BCUT2D eigenvalue weighted by Crippen LogP contribution is -2.47. The van der Waals surface area contributed by atoms with Crippen LogP contribution in [0.1, 0.15) is 29.6 Å². The van der Waals surface area contributed by atoms with Gasteiger partial charge in [0.05, 0.1) is 18.3 Å². The second kappa shape index (κ2) is 4.94. The molecule has 1 aromatic carbocycles. The Morgan fingerprint density at radius 2 is 2.28 bits per heavy atom. The number of carbonyl (C=O) groups is 1. The van der Waals surface area contributed by atoms with Crippen molar-refractivity contribution in [3.8, 4) is 5.75 Å². The summed E-state index contributed by atoms with van der Waals surface area (Å²) in [5.74, 6) is -0.787. The maximum Gasteiger partial charge on any atom is 0.254 e. The zero-order valence-electron chi connectivity index (χ0n) is 10.2. The molecular formula is C13H16FNO3. The molecule has 0 heterocycles. The Hall–Kier alpha value is -1.62. The molecule has 0 spiro atoms. The van der Waals surface area contributed by atoms with Gasteiger partial charge in [-0.1, -0.05) is 0 Å². The van der Waals surface area contributed by atoms with E-state index in [9.17, 15) is 14.3 Å². The van der Waals surface area contributed by atoms with Crippen molar-refractivity contribution in [3.05, 3.63) is 29.6 Å². The van der Waals surface area contributed by atoms with Crippen molar-refractivity contribution in [1.29, 1.82) is 0 Å². The highest BCUT2D eigenvalue weighted by atomic mass is 19.1. The number of carbonyl (C=O) groups excluding carboxylic acids is 1. The fourth-order valence-corrected chi connectivity index (χ4v) is 1.91. The topological polar surface area (TPSA) is 58.6 Å². The van der Waals surface area contributed by atoms with E-state index in [0.29, 0.717) is 18.6 Å². The van der Waals surface area contributed by atoms with Gasteiger partial charge in [-0.25, -0.2) is 4.39 Å². The molecule has 4 nitrogen and oxygen atoms in total. The highest BCUT2D eigenvalue weighted by Gasteiger charge is 2.34. The summed E-state index contributed by atoms with van der Waals surface area (Å²) in [6, 6.07) is 4.05. The van der Waals surface area contributed by atoms with Crippen LogP contribution in [0.2, 0.25) is 0 Å². The number of hydrogen-bond donors (Lipinski definition) is 2. The number of ether oxygens (including phenoxy) is 1. The van der Waals surface area contributed by atoms with Crippen LogP contribution < -0.4 is 10.1 Å². The van der Waals surface area contributed by atoms with Crippen LogP contribution in [-0.4, -0.2) is 30.3 Å². The number of halogens is 1. The van der Waals surface area contributed by atoms with Gasteiger partial charge in [-0.2, -0.15) is 0 Å². The van der Waals surface area contributed by atoms with Gasteiger partial charge in [0.25, 0.3) is 5.91 Å². The van der Waals surface area contributed by atoms with Crippen LogP contribution in [0.15, 0.2) is 18.2 Å². The van der Waals surface area contributed by atoms with Gasteiger partial charge in [-0.3, -0.25) is 4.79 Å². The quantitative estimate of drug-likeness (QED) is 0.854. The molecule has 0 bridgehead atoms. The third-order valence-corrected chi connectivity index (χ3v) is 3.28. The second-order valence-electron chi connectivity index (χ2n) is 4.61. The first-order chi connectivity index (χ1) is 8.54. The molecule has 1 aliphatic rings. The van der Waals surface area contributed by atoms with E-state index in [1.54, 1.807) is 0 Å². The molecule has 98 valence electrons. The largest absolute Gasteiger partial charge is 0.497 e. The zero-order chi connectivity index (χ0) is 13.2. The Balaban J connectivity index is 2.00. The summed E-state index contributed by atoms with van der Waals surface area (Å²) in [5.41, 5.74) is -0.850. The summed E-state index contributed by atoms with van der Waals surface area (Å²) in [7, 11) is 1.43. The summed E-state index contributed by atoms with van der Waals surface area (Å²) < 4.78 is 18.5. The third-order valence-electron chi connectivity index (χ3n) is 3.28. The van der Waals surface area contributed by atoms with E-state index >= 15 is 0 Å². The number of rotatable bonds is 4. The molecular weight excluding hydrogens is 237 g/mol. The monoisotopic (exact) mass is 253 g/mol. The van der Waals surface area contributed by atoms with Crippen molar-refractivity contribution >= 4 is 5.91 Å². The predicted molar refractivity (Wildman–Crippen MR) is 64.1 cm³/mol. The molecule has 1 aliphatic carbocycles. The highest BCUT2D eigenvalue weighted by Crippen LogP contribution is 2.30. The van der Waals surface area contributed by atoms with Crippen molar-refractivity contribution in [1.82, 2.24) is 5.32 Å². The van der Waals surface area contributed by atoms with Gasteiger partial charge < -0.3 is 15.2 Å². The first kappa shape index (κ1) is 12.8. The van der Waals surface area contributed by atoms with E-state index in [4.69, 9.17) is 4.74 Å². The zero-order valence-corrected chi connectivity index (χ0v) is 10.2. The van der Waals surface area contributed by atoms with Crippen LogP contribution in [0.25, 0.3) is 0 Å². The fourth-order valence-electron chi connectivity index (χ4n) is 1.91. The van der Waals surface area contributed by atoms with Gasteiger partial charge in [0.2, 0.25) is 0 Å². The van der Waals surface area contributed by atoms with Gasteiger partial charge in [0.1, 0.15) is 11.6 Å². The van der Waals surface area contributed by atoms with Crippen molar-refractivity contribution in [3.63, 3.8) is 0 Å². The Morgan fingerprint density at radius 1 is 1.56 bits per heavy atom. The minimum absolute atomic E-state index is 0.0428. The lowest BCUT2D eigenvalue weighted by atomic mass is 9.80. The maximum atomic E-state index is 13.6. The lowest BCUT2D eigenvalue weighted by molar-refractivity contribution is -0.0300. The molecule has 0 aliphatic heterocycles. The normalized spacial score (nSPS) is 16.8. The molecule has 0 unspecified atom stereocenters. The number of nitrogens with one attached hydrogen (secondary N) is 1. The fraction of sp³-hybridized carbons (Fsp3) is 0.462. The van der Waals surface area contributed by atoms with Crippen LogP contribution in [0.4, 0.5) is 4.39 Å². The van der Waals surface area contributed by atoms with E-state index in [1.165, 1.54) is 19.2 Å². The Labute approximate surface area is 105 Å². The number of hydrogen-bond acceptors (Lipinski definition) is 3. The molecule has 5 heteroatoms. The average molecular weight is 253 g/mol. The molecule has 1 amide bonds. The molecule has 0 radical (unpaired) electrons. The summed E-state index contributed by atoms with van der Waals surface area (Å²) in [4.78, 5) is 11.7. The van der Waals surface area contributed by atoms with Crippen molar-refractivity contribution in [2.24, 2.45) is 0 Å². The Morgan fingerprint density at radius 3 is 2.78 bits per heavy atom. The molecule has 1 saturated carbocycles. The van der Waals surface area contributed by atoms with Crippen LogP contribution in [-0.2, 0) is 0 Å².